The fraction of sp³-hybridized carbons (Fsp3) is 0.538. The van der Waals surface area contributed by atoms with Crippen molar-refractivity contribution in [3.8, 4) is 11.5 Å². The molecule has 1 fully saturated rings. The Balaban J connectivity index is 2.15. The van der Waals surface area contributed by atoms with Crippen LogP contribution in [0, 0.1) is 0 Å². The average molecular weight is 237 g/mol. The largest absolute Gasteiger partial charge is 0.493 e. The third kappa shape index (κ3) is 2.90. The van der Waals surface area contributed by atoms with Crippen molar-refractivity contribution in [3.05, 3.63) is 23.8 Å². The van der Waals surface area contributed by atoms with E-state index in [0.717, 1.165) is 30.1 Å². The minimum Gasteiger partial charge on any atom is -0.493 e. The summed E-state index contributed by atoms with van der Waals surface area (Å²) in [6, 6.07) is 5.80. The van der Waals surface area contributed by atoms with Gasteiger partial charge in [-0.1, -0.05) is 6.07 Å². The van der Waals surface area contributed by atoms with Gasteiger partial charge in [0.05, 0.1) is 20.3 Å². The van der Waals surface area contributed by atoms with Crippen molar-refractivity contribution in [3.63, 3.8) is 0 Å². The Morgan fingerprint density at radius 2 is 2.24 bits per heavy atom. The maximum absolute atomic E-state index is 5.84. The predicted octanol–water partition coefficient (Wildman–Crippen LogP) is 1.88. The Labute approximate surface area is 102 Å². The maximum atomic E-state index is 5.84. The number of rotatable bonds is 4. The average Bonchev–Trinajstić information content (AvgIpc) is 2.82. The van der Waals surface area contributed by atoms with Crippen LogP contribution < -0.4 is 15.2 Å². The molecule has 1 heterocycles. The Morgan fingerprint density at radius 1 is 1.41 bits per heavy atom. The van der Waals surface area contributed by atoms with Gasteiger partial charge >= 0.3 is 0 Å². The summed E-state index contributed by atoms with van der Waals surface area (Å²) in [5.41, 5.74) is 6.87. The molecule has 2 unspecified atom stereocenters. The van der Waals surface area contributed by atoms with Gasteiger partial charge in [-0.15, -0.1) is 0 Å². The van der Waals surface area contributed by atoms with E-state index in [4.69, 9.17) is 19.9 Å². The first-order valence-electron chi connectivity index (χ1n) is 5.88. The molecule has 2 N–H and O–H groups in total. The zero-order valence-electron chi connectivity index (χ0n) is 10.3. The molecule has 0 radical (unpaired) electrons. The van der Waals surface area contributed by atoms with E-state index in [2.05, 4.69) is 0 Å². The molecule has 1 aliphatic heterocycles. The van der Waals surface area contributed by atoms with Crippen LogP contribution in [0.1, 0.15) is 24.9 Å². The number of hydrogen-bond acceptors (Lipinski definition) is 4. The van der Waals surface area contributed by atoms with E-state index in [1.165, 1.54) is 0 Å². The van der Waals surface area contributed by atoms with Gasteiger partial charge < -0.3 is 19.9 Å². The van der Waals surface area contributed by atoms with Crippen LogP contribution in [-0.4, -0.2) is 26.4 Å². The first-order chi connectivity index (χ1) is 8.20. The molecular formula is C13H19NO3. The van der Waals surface area contributed by atoms with E-state index in [0.29, 0.717) is 6.61 Å². The number of nitrogens with two attached hydrogens (primary N) is 1. The Kier molecular flexibility index (Phi) is 3.86. The lowest BCUT2D eigenvalue weighted by molar-refractivity contribution is 0.138. The molecule has 4 heteroatoms. The van der Waals surface area contributed by atoms with Crippen molar-refractivity contribution < 1.29 is 14.2 Å². The van der Waals surface area contributed by atoms with Crippen LogP contribution >= 0.6 is 0 Å². The van der Waals surface area contributed by atoms with E-state index in [-0.39, 0.29) is 12.1 Å². The topological polar surface area (TPSA) is 53.7 Å². The van der Waals surface area contributed by atoms with Crippen molar-refractivity contribution in [2.45, 2.75) is 25.5 Å². The highest BCUT2D eigenvalue weighted by atomic mass is 16.6. The summed E-state index contributed by atoms with van der Waals surface area (Å²) in [4.78, 5) is 0. The Hall–Kier alpha value is -1.26. The van der Waals surface area contributed by atoms with Crippen LogP contribution in [0.15, 0.2) is 18.2 Å². The summed E-state index contributed by atoms with van der Waals surface area (Å²) in [5.74, 6) is 1.49. The fourth-order valence-corrected chi connectivity index (χ4v) is 1.85. The number of methoxy groups -OCH3 is 1. The number of ether oxygens (including phenoxy) is 3. The van der Waals surface area contributed by atoms with Crippen LogP contribution in [0.5, 0.6) is 11.5 Å². The van der Waals surface area contributed by atoms with Crippen LogP contribution in [0.25, 0.3) is 0 Å². The lowest BCUT2D eigenvalue weighted by atomic mass is 10.1. The Morgan fingerprint density at radius 3 is 2.82 bits per heavy atom. The van der Waals surface area contributed by atoms with E-state index in [1.54, 1.807) is 7.11 Å². The van der Waals surface area contributed by atoms with Crippen LogP contribution in [0.2, 0.25) is 0 Å². The molecule has 0 bridgehead atoms. The van der Waals surface area contributed by atoms with E-state index in [9.17, 15) is 0 Å². The quantitative estimate of drug-likeness (QED) is 0.868. The van der Waals surface area contributed by atoms with Gasteiger partial charge in [0.15, 0.2) is 11.5 Å². The smallest absolute Gasteiger partial charge is 0.161 e. The maximum Gasteiger partial charge on any atom is 0.161 e. The van der Waals surface area contributed by atoms with Gasteiger partial charge in [0.2, 0.25) is 0 Å². The van der Waals surface area contributed by atoms with Gasteiger partial charge in [-0.3, -0.25) is 0 Å². The van der Waals surface area contributed by atoms with Gasteiger partial charge in [-0.05, 0) is 24.6 Å². The summed E-state index contributed by atoms with van der Waals surface area (Å²) in [6.07, 6.45) is 1.06. The first kappa shape index (κ1) is 12.2. The van der Waals surface area contributed by atoms with Crippen molar-refractivity contribution >= 4 is 0 Å². The zero-order valence-corrected chi connectivity index (χ0v) is 10.3. The van der Waals surface area contributed by atoms with E-state index < -0.39 is 0 Å². The van der Waals surface area contributed by atoms with Crippen molar-refractivity contribution in [2.75, 3.05) is 20.3 Å². The molecule has 17 heavy (non-hydrogen) atoms. The standard InChI is InChI=1S/C13H19NO3/c1-9(14)10-3-4-12(13(7-10)15-2)17-11-5-6-16-8-11/h3-4,7,9,11H,5-6,8,14H2,1-2H3. The molecule has 0 aromatic heterocycles. The van der Waals surface area contributed by atoms with Crippen LogP contribution in [0.4, 0.5) is 0 Å². The molecule has 0 amide bonds. The SMILES string of the molecule is COc1cc(C(C)N)ccc1OC1CCOC1. The van der Waals surface area contributed by atoms with E-state index in [1.807, 2.05) is 25.1 Å². The normalized spacial score (nSPS) is 21.2. The first-order valence-corrected chi connectivity index (χ1v) is 5.88. The minimum absolute atomic E-state index is 0.00670. The third-order valence-corrected chi connectivity index (χ3v) is 2.90. The lowest BCUT2D eigenvalue weighted by Crippen LogP contribution is -2.16. The molecule has 1 aliphatic rings. The van der Waals surface area contributed by atoms with Crippen molar-refractivity contribution in [1.29, 1.82) is 0 Å². The van der Waals surface area contributed by atoms with Gasteiger partial charge in [0, 0.05) is 12.5 Å². The van der Waals surface area contributed by atoms with Crippen molar-refractivity contribution in [1.82, 2.24) is 0 Å². The molecule has 1 aromatic rings. The van der Waals surface area contributed by atoms with Gasteiger partial charge in [0.1, 0.15) is 6.10 Å². The minimum atomic E-state index is -0.00670. The molecule has 94 valence electrons. The monoisotopic (exact) mass is 237 g/mol. The summed E-state index contributed by atoms with van der Waals surface area (Å²) < 4.78 is 16.4. The van der Waals surface area contributed by atoms with Crippen molar-refractivity contribution in [2.24, 2.45) is 5.73 Å². The van der Waals surface area contributed by atoms with Gasteiger partial charge in [-0.2, -0.15) is 0 Å². The number of benzene rings is 1. The molecule has 0 aliphatic carbocycles. The molecule has 1 saturated heterocycles. The Bertz CT molecular complexity index is 373. The molecule has 0 saturated carbocycles. The molecule has 0 spiro atoms. The number of hydrogen-bond donors (Lipinski definition) is 1. The highest BCUT2D eigenvalue weighted by Gasteiger charge is 2.19. The van der Waals surface area contributed by atoms with E-state index >= 15 is 0 Å². The predicted molar refractivity (Wildman–Crippen MR) is 65.4 cm³/mol. The van der Waals surface area contributed by atoms with Gasteiger partial charge in [0.25, 0.3) is 0 Å². The fourth-order valence-electron chi connectivity index (χ4n) is 1.85. The second-order valence-corrected chi connectivity index (χ2v) is 4.30. The molecule has 2 rings (SSSR count). The summed E-state index contributed by atoms with van der Waals surface area (Å²) >= 11 is 0. The molecule has 2 atom stereocenters. The zero-order chi connectivity index (χ0) is 12.3. The summed E-state index contributed by atoms with van der Waals surface area (Å²) in [7, 11) is 1.64. The molecule has 1 aromatic carbocycles. The van der Waals surface area contributed by atoms with Crippen LogP contribution in [0.3, 0.4) is 0 Å². The lowest BCUT2D eigenvalue weighted by Gasteiger charge is -2.16. The molecule has 4 nitrogen and oxygen atoms in total. The molecular weight excluding hydrogens is 218 g/mol. The third-order valence-electron chi connectivity index (χ3n) is 2.90. The van der Waals surface area contributed by atoms with Gasteiger partial charge in [-0.25, -0.2) is 0 Å². The summed E-state index contributed by atoms with van der Waals surface area (Å²) in [6.45, 7) is 3.36. The highest BCUT2D eigenvalue weighted by molar-refractivity contribution is 5.43. The summed E-state index contributed by atoms with van der Waals surface area (Å²) in [5, 5.41) is 0. The van der Waals surface area contributed by atoms with Crippen LogP contribution in [-0.2, 0) is 4.74 Å². The second-order valence-electron chi connectivity index (χ2n) is 4.30. The highest BCUT2D eigenvalue weighted by Crippen LogP contribution is 2.31. The second kappa shape index (κ2) is 5.38.